The van der Waals surface area contributed by atoms with Crippen molar-refractivity contribution >= 4 is 0 Å². The van der Waals surface area contributed by atoms with Gasteiger partial charge in [-0.15, -0.1) is 0 Å². The van der Waals surface area contributed by atoms with Crippen molar-refractivity contribution in [2.45, 2.75) is 57.8 Å². The normalized spacial score (nSPS) is 25.3. The average Bonchev–Trinajstić information content (AvgIpc) is 2.53. The van der Waals surface area contributed by atoms with Gasteiger partial charge in [-0.1, -0.05) is 0 Å². The smallest absolute Gasteiger partial charge is 0.110 e. The van der Waals surface area contributed by atoms with Crippen LogP contribution in [0.15, 0.2) is 0 Å². The maximum Gasteiger partial charge on any atom is 0.110 e. The van der Waals surface area contributed by atoms with Crippen molar-refractivity contribution in [1.82, 2.24) is 5.32 Å². The second kappa shape index (κ2) is 5.10. The van der Waals surface area contributed by atoms with Crippen LogP contribution in [0.5, 0.6) is 0 Å². The number of ether oxygens (including phenoxy) is 1. The highest BCUT2D eigenvalue weighted by Crippen LogP contribution is 2.14. The van der Waals surface area contributed by atoms with E-state index in [0.29, 0.717) is 13.0 Å². The highest BCUT2D eigenvalue weighted by molar-refractivity contribution is 4.80. The maximum absolute atomic E-state index is 11.7. The first-order valence-corrected chi connectivity index (χ1v) is 5.52. The average molecular weight is 200 g/mol. The summed E-state index contributed by atoms with van der Waals surface area (Å²) in [7, 11) is 0. The summed E-state index contributed by atoms with van der Waals surface area (Å²) in [5.74, 6) is 0. The van der Waals surface area contributed by atoms with Gasteiger partial charge in [-0.05, 0) is 40.2 Å². The highest BCUT2D eigenvalue weighted by atomic mass is 16.5. The zero-order valence-electron chi connectivity index (χ0n) is 9.51. The van der Waals surface area contributed by atoms with Gasteiger partial charge in [0, 0.05) is 19.1 Å². The van der Waals surface area contributed by atoms with E-state index >= 15 is 0 Å². The van der Waals surface area contributed by atoms with E-state index in [1.54, 1.807) is 0 Å². The van der Waals surface area contributed by atoms with Crippen LogP contribution >= 0.6 is 0 Å². The molecule has 0 amide bonds. The minimum Gasteiger partial charge on any atom is -0.376 e. The molecule has 0 spiro atoms. The Labute approximate surface area is 86.8 Å². The van der Waals surface area contributed by atoms with Gasteiger partial charge in [0.25, 0.3) is 0 Å². The van der Waals surface area contributed by atoms with Crippen molar-refractivity contribution in [3.63, 3.8) is 0 Å². The van der Waals surface area contributed by atoms with E-state index in [1.165, 1.54) is 0 Å². The molecular formula is C11H22NO2. The van der Waals surface area contributed by atoms with Crippen LogP contribution in [-0.4, -0.2) is 30.9 Å². The van der Waals surface area contributed by atoms with E-state index in [-0.39, 0.29) is 11.6 Å². The number of hydrogen-bond acceptors (Lipinski definition) is 2. The maximum atomic E-state index is 11.7. The lowest BCUT2D eigenvalue weighted by Gasteiger charge is -2.22. The predicted molar refractivity (Wildman–Crippen MR) is 55.8 cm³/mol. The minimum atomic E-state index is -0.500. The molecule has 2 unspecified atom stereocenters. The topological polar surface area (TPSA) is 41.2 Å². The molecule has 1 rings (SSSR count). The Bertz CT molecular complexity index is 159. The van der Waals surface area contributed by atoms with Gasteiger partial charge in [0.2, 0.25) is 0 Å². The molecule has 0 aromatic carbocycles. The van der Waals surface area contributed by atoms with Crippen molar-refractivity contribution < 1.29 is 9.84 Å². The Morgan fingerprint density at radius 3 is 2.71 bits per heavy atom. The summed E-state index contributed by atoms with van der Waals surface area (Å²) in [6.07, 6.45) is 2.29. The number of hydrogen-bond donors (Lipinski definition) is 1. The van der Waals surface area contributed by atoms with Crippen LogP contribution in [0.3, 0.4) is 0 Å². The van der Waals surface area contributed by atoms with Crippen molar-refractivity contribution in [3.8, 4) is 0 Å². The number of rotatable bonds is 4. The molecule has 83 valence electrons. The largest absolute Gasteiger partial charge is 0.376 e. The molecule has 14 heavy (non-hydrogen) atoms. The summed E-state index contributed by atoms with van der Waals surface area (Å²) in [4.78, 5) is 0. The molecule has 0 aromatic rings. The minimum absolute atomic E-state index is 0.122. The molecule has 1 N–H and O–H groups in total. The van der Waals surface area contributed by atoms with Gasteiger partial charge in [-0.3, -0.25) is 0 Å². The zero-order chi connectivity index (χ0) is 10.6. The van der Waals surface area contributed by atoms with Crippen LogP contribution in [-0.2, 0) is 9.84 Å². The summed E-state index contributed by atoms with van der Waals surface area (Å²) in [5, 5.41) is 14.9. The fraction of sp³-hybridized carbons (Fsp3) is 1.00. The van der Waals surface area contributed by atoms with Gasteiger partial charge in [0.1, 0.15) is 6.10 Å². The zero-order valence-corrected chi connectivity index (χ0v) is 9.51. The molecular weight excluding hydrogens is 178 g/mol. The Morgan fingerprint density at radius 2 is 2.21 bits per heavy atom. The van der Waals surface area contributed by atoms with Crippen molar-refractivity contribution in [3.05, 3.63) is 0 Å². The first-order valence-electron chi connectivity index (χ1n) is 5.52. The third-order valence-corrected chi connectivity index (χ3v) is 2.48. The van der Waals surface area contributed by atoms with E-state index in [1.807, 2.05) is 20.8 Å². The molecule has 1 radical (unpaired) electrons. The van der Waals surface area contributed by atoms with Gasteiger partial charge in [0.15, 0.2) is 0 Å². The monoisotopic (exact) mass is 200 g/mol. The molecule has 3 nitrogen and oxygen atoms in total. The molecule has 1 fully saturated rings. The van der Waals surface area contributed by atoms with Crippen molar-refractivity contribution in [2.24, 2.45) is 0 Å². The SMILES string of the molecule is CC(C)(C)OCCC([O])C1CCCN1. The molecule has 1 saturated heterocycles. The standard InChI is InChI=1S/C11H22NO2/c1-11(2,3)14-8-6-10(13)9-5-4-7-12-9/h9-10,12H,4-8H2,1-3H3. The van der Waals surface area contributed by atoms with Crippen molar-refractivity contribution in [1.29, 1.82) is 0 Å². The fourth-order valence-corrected chi connectivity index (χ4v) is 1.71. The second-order valence-corrected chi connectivity index (χ2v) is 4.99. The van der Waals surface area contributed by atoms with Gasteiger partial charge < -0.3 is 10.1 Å². The molecule has 0 aliphatic carbocycles. The number of nitrogens with one attached hydrogen (secondary N) is 1. The molecule has 2 atom stereocenters. The molecule has 1 heterocycles. The summed E-state index contributed by atoms with van der Waals surface area (Å²) >= 11 is 0. The molecule has 1 aliphatic heterocycles. The van der Waals surface area contributed by atoms with Gasteiger partial charge in [-0.25, -0.2) is 5.11 Å². The fourth-order valence-electron chi connectivity index (χ4n) is 1.71. The van der Waals surface area contributed by atoms with Gasteiger partial charge in [0.05, 0.1) is 5.60 Å². The predicted octanol–water partition coefficient (Wildman–Crippen LogP) is 1.74. The van der Waals surface area contributed by atoms with E-state index in [9.17, 15) is 5.11 Å². The molecule has 1 aliphatic rings. The summed E-state index contributed by atoms with van der Waals surface area (Å²) in [5.41, 5.74) is -0.122. The Morgan fingerprint density at radius 1 is 1.50 bits per heavy atom. The summed E-state index contributed by atoms with van der Waals surface area (Å²) in [6, 6.07) is 0.179. The quantitative estimate of drug-likeness (QED) is 0.751. The Balaban J connectivity index is 2.11. The third kappa shape index (κ3) is 4.40. The molecule has 3 heteroatoms. The van der Waals surface area contributed by atoms with E-state index in [4.69, 9.17) is 4.74 Å². The molecule has 0 saturated carbocycles. The lowest BCUT2D eigenvalue weighted by Crippen LogP contribution is -2.35. The van der Waals surface area contributed by atoms with Crippen LogP contribution in [0.2, 0.25) is 0 Å². The van der Waals surface area contributed by atoms with Crippen LogP contribution < -0.4 is 5.32 Å². The van der Waals surface area contributed by atoms with E-state index in [2.05, 4.69) is 5.32 Å². The molecule has 0 aromatic heterocycles. The summed E-state index contributed by atoms with van der Waals surface area (Å²) in [6.45, 7) is 7.63. The van der Waals surface area contributed by atoms with Gasteiger partial charge >= 0.3 is 0 Å². The molecule has 0 bridgehead atoms. The van der Waals surface area contributed by atoms with Crippen LogP contribution in [0.25, 0.3) is 0 Å². The second-order valence-electron chi connectivity index (χ2n) is 4.99. The first-order chi connectivity index (χ1) is 6.49. The van der Waals surface area contributed by atoms with Crippen LogP contribution in [0, 0.1) is 0 Å². The van der Waals surface area contributed by atoms with Crippen LogP contribution in [0.4, 0.5) is 0 Å². The van der Waals surface area contributed by atoms with Crippen LogP contribution in [0.1, 0.15) is 40.0 Å². The third-order valence-electron chi connectivity index (χ3n) is 2.48. The van der Waals surface area contributed by atoms with Crippen molar-refractivity contribution in [2.75, 3.05) is 13.2 Å². The van der Waals surface area contributed by atoms with E-state index < -0.39 is 6.10 Å². The van der Waals surface area contributed by atoms with E-state index in [0.717, 1.165) is 19.4 Å². The Hall–Kier alpha value is -0.120. The lowest BCUT2D eigenvalue weighted by atomic mass is 10.1. The van der Waals surface area contributed by atoms with Gasteiger partial charge in [-0.2, -0.15) is 0 Å². The summed E-state index contributed by atoms with van der Waals surface area (Å²) < 4.78 is 5.53. The highest BCUT2D eigenvalue weighted by Gasteiger charge is 2.24. The first kappa shape index (κ1) is 12.0. The Kier molecular flexibility index (Phi) is 4.35. The lowest BCUT2D eigenvalue weighted by molar-refractivity contribution is -0.0346.